The second-order valence-electron chi connectivity index (χ2n) is 4.39. The number of rotatable bonds is 6. The molecule has 0 amide bonds. The molecular formula is C14H23N3. The third-order valence-corrected chi connectivity index (χ3v) is 3.08. The van der Waals surface area contributed by atoms with Gasteiger partial charge in [0.15, 0.2) is 0 Å². The molecule has 17 heavy (non-hydrogen) atoms. The smallest absolute Gasteiger partial charge is 0.0676 e. The summed E-state index contributed by atoms with van der Waals surface area (Å²) in [7, 11) is 1.99. The van der Waals surface area contributed by atoms with E-state index in [1.807, 2.05) is 14.0 Å². The Balaban J connectivity index is 3.01. The van der Waals surface area contributed by atoms with Gasteiger partial charge < -0.3 is 5.32 Å². The van der Waals surface area contributed by atoms with Crippen molar-refractivity contribution in [2.75, 3.05) is 7.05 Å². The van der Waals surface area contributed by atoms with Crippen molar-refractivity contribution in [3.05, 3.63) is 35.2 Å². The lowest BCUT2D eigenvalue weighted by atomic mass is 9.96. The molecule has 1 N–H and O–H groups in total. The van der Waals surface area contributed by atoms with E-state index in [1.54, 1.807) is 0 Å². The van der Waals surface area contributed by atoms with Gasteiger partial charge in [0.1, 0.15) is 0 Å². The predicted molar refractivity (Wildman–Crippen MR) is 72.0 cm³/mol. The van der Waals surface area contributed by atoms with E-state index in [1.165, 1.54) is 11.1 Å². The first-order valence-corrected chi connectivity index (χ1v) is 6.29. The highest BCUT2D eigenvalue weighted by Gasteiger charge is 2.15. The molecular weight excluding hydrogens is 210 g/mol. The van der Waals surface area contributed by atoms with Gasteiger partial charge in [-0.25, -0.2) is 0 Å². The van der Waals surface area contributed by atoms with Gasteiger partial charge in [-0.15, -0.1) is 0 Å². The molecule has 0 spiro atoms. The minimum atomic E-state index is 0.298. The maximum Gasteiger partial charge on any atom is 0.0676 e. The Morgan fingerprint density at radius 2 is 2.12 bits per heavy atom. The molecule has 1 unspecified atom stereocenters. The van der Waals surface area contributed by atoms with Crippen LogP contribution in [-0.2, 0) is 6.42 Å². The van der Waals surface area contributed by atoms with E-state index in [4.69, 9.17) is 0 Å². The third-order valence-electron chi connectivity index (χ3n) is 3.08. The average molecular weight is 233 g/mol. The molecule has 0 aliphatic rings. The van der Waals surface area contributed by atoms with Crippen molar-refractivity contribution in [2.24, 2.45) is 0 Å². The Hall–Kier alpha value is -1.22. The van der Waals surface area contributed by atoms with Crippen LogP contribution >= 0.6 is 0 Å². The number of nitrogens with one attached hydrogen (secondary N) is 1. The molecule has 0 aliphatic carbocycles. The number of hydrogen-bond acceptors (Lipinski definition) is 3. The monoisotopic (exact) mass is 233 g/mol. The van der Waals surface area contributed by atoms with Crippen LogP contribution in [-0.4, -0.2) is 17.2 Å². The largest absolute Gasteiger partial charge is 0.313 e. The molecule has 94 valence electrons. The van der Waals surface area contributed by atoms with Crippen LogP contribution in [0.25, 0.3) is 0 Å². The van der Waals surface area contributed by atoms with Crippen LogP contribution in [0.15, 0.2) is 18.2 Å². The summed E-state index contributed by atoms with van der Waals surface area (Å²) in [5, 5.41) is 11.8. The van der Waals surface area contributed by atoms with Crippen LogP contribution in [0.2, 0.25) is 0 Å². The topological polar surface area (TPSA) is 37.8 Å². The molecule has 1 aromatic heterocycles. The molecule has 0 saturated heterocycles. The molecule has 0 saturated carbocycles. The standard InChI is InChI=1S/C14H23N3/c1-6-10(3)8-14(15-5)12-9-11(4)16-17-13(12)7-2/h9,14-15H,3,6-8H2,1-2,4-5H3. The first-order chi connectivity index (χ1) is 8.12. The second kappa shape index (κ2) is 6.50. The van der Waals surface area contributed by atoms with Crippen molar-refractivity contribution in [1.82, 2.24) is 15.5 Å². The van der Waals surface area contributed by atoms with E-state index < -0.39 is 0 Å². The quantitative estimate of drug-likeness (QED) is 0.768. The van der Waals surface area contributed by atoms with Gasteiger partial charge in [-0.3, -0.25) is 0 Å². The summed E-state index contributed by atoms with van der Waals surface area (Å²) in [6.07, 6.45) is 2.90. The van der Waals surface area contributed by atoms with Gasteiger partial charge in [0.25, 0.3) is 0 Å². The van der Waals surface area contributed by atoms with Gasteiger partial charge in [0.05, 0.1) is 11.4 Å². The maximum atomic E-state index is 4.28. The van der Waals surface area contributed by atoms with E-state index in [9.17, 15) is 0 Å². The number of aromatic nitrogens is 2. The van der Waals surface area contributed by atoms with Crippen molar-refractivity contribution in [3.63, 3.8) is 0 Å². The number of hydrogen-bond donors (Lipinski definition) is 1. The molecule has 0 aromatic carbocycles. The summed E-state index contributed by atoms with van der Waals surface area (Å²) in [4.78, 5) is 0. The Bertz CT molecular complexity index is 385. The van der Waals surface area contributed by atoms with Gasteiger partial charge in [0, 0.05) is 6.04 Å². The van der Waals surface area contributed by atoms with Gasteiger partial charge >= 0.3 is 0 Å². The number of nitrogens with zero attached hydrogens (tertiary/aromatic N) is 2. The van der Waals surface area contributed by atoms with Gasteiger partial charge in [-0.05, 0) is 44.9 Å². The van der Waals surface area contributed by atoms with Crippen LogP contribution in [0, 0.1) is 6.92 Å². The Labute approximate surface area is 104 Å². The molecule has 3 nitrogen and oxygen atoms in total. The molecule has 1 atom stereocenters. The maximum absolute atomic E-state index is 4.28. The minimum absolute atomic E-state index is 0.298. The molecule has 1 heterocycles. The van der Waals surface area contributed by atoms with E-state index in [2.05, 4.69) is 42.0 Å². The summed E-state index contributed by atoms with van der Waals surface area (Å²) < 4.78 is 0. The van der Waals surface area contributed by atoms with Crippen molar-refractivity contribution < 1.29 is 0 Å². The molecule has 0 radical (unpaired) electrons. The van der Waals surface area contributed by atoms with Gasteiger partial charge in [0.2, 0.25) is 0 Å². The number of aryl methyl sites for hydroxylation is 2. The Morgan fingerprint density at radius 1 is 1.41 bits per heavy atom. The van der Waals surface area contributed by atoms with Crippen molar-refractivity contribution in [3.8, 4) is 0 Å². The molecule has 1 aromatic rings. The van der Waals surface area contributed by atoms with Crippen molar-refractivity contribution in [2.45, 2.75) is 46.1 Å². The molecule has 1 rings (SSSR count). The van der Waals surface area contributed by atoms with Crippen molar-refractivity contribution in [1.29, 1.82) is 0 Å². The average Bonchev–Trinajstić information content (AvgIpc) is 2.35. The van der Waals surface area contributed by atoms with E-state index >= 15 is 0 Å². The lowest BCUT2D eigenvalue weighted by Crippen LogP contribution is -2.19. The zero-order valence-electron chi connectivity index (χ0n) is 11.4. The summed E-state index contributed by atoms with van der Waals surface area (Å²) in [5.74, 6) is 0. The summed E-state index contributed by atoms with van der Waals surface area (Å²) in [5.41, 5.74) is 4.58. The SMILES string of the molecule is C=C(CC)CC(NC)c1cc(C)nnc1CC. The summed E-state index contributed by atoms with van der Waals surface area (Å²) in [6.45, 7) is 10.3. The molecule has 0 fully saturated rings. The third kappa shape index (κ3) is 3.63. The molecule has 0 bridgehead atoms. The zero-order valence-corrected chi connectivity index (χ0v) is 11.4. The second-order valence-corrected chi connectivity index (χ2v) is 4.39. The highest BCUT2D eigenvalue weighted by atomic mass is 15.1. The van der Waals surface area contributed by atoms with E-state index in [-0.39, 0.29) is 0 Å². The van der Waals surface area contributed by atoms with Crippen LogP contribution in [0.5, 0.6) is 0 Å². The lowest BCUT2D eigenvalue weighted by molar-refractivity contribution is 0.570. The first kappa shape index (κ1) is 13.8. The normalized spacial score (nSPS) is 12.5. The van der Waals surface area contributed by atoms with Crippen molar-refractivity contribution >= 4 is 0 Å². The zero-order chi connectivity index (χ0) is 12.8. The minimum Gasteiger partial charge on any atom is -0.313 e. The first-order valence-electron chi connectivity index (χ1n) is 6.29. The Kier molecular flexibility index (Phi) is 5.29. The predicted octanol–water partition coefficient (Wildman–Crippen LogP) is 2.96. The van der Waals surface area contributed by atoms with Crippen LogP contribution in [0.3, 0.4) is 0 Å². The summed E-state index contributed by atoms with van der Waals surface area (Å²) in [6, 6.07) is 2.43. The molecule has 3 heteroatoms. The van der Waals surface area contributed by atoms with Crippen LogP contribution < -0.4 is 5.32 Å². The fourth-order valence-electron chi connectivity index (χ4n) is 1.91. The van der Waals surface area contributed by atoms with E-state index in [0.29, 0.717) is 6.04 Å². The van der Waals surface area contributed by atoms with Gasteiger partial charge in [-0.2, -0.15) is 10.2 Å². The highest BCUT2D eigenvalue weighted by Crippen LogP contribution is 2.24. The Morgan fingerprint density at radius 3 is 2.65 bits per heavy atom. The lowest BCUT2D eigenvalue weighted by Gasteiger charge is -2.20. The van der Waals surface area contributed by atoms with E-state index in [0.717, 1.165) is 30.7 Å². The summed E-state index contributed by atoms with van der Waals surface area (Å²) >= 11 is 0. The van der Waals surface area contributed by atoms with Gasteiger partial charge in [-0.1, -0.05) is 26.0 Å². The van der Waals surface area contributed by atoms with Crippen LogP contribution in [0.4, 0.5) is 0 Å². The fraction of sp³-hybridized carbons (Fsp3) is 0.571. The highest BCUT2D eigenvalue weighted by molar-refractivity contribution is 5.26. The fourth-order valence-corrected chi connectivity index (χ4v) is 1.91. The van der Waals surface area contributed by atoms with Crippen LogP contribution in [0.1, 0.15) is 49.7 Å². The molecule has 0 aliphatic heterocycles.